The summed E-state index contributed by atoms with van der Waals surface area (Å²) in [6, 6.07) is 0. The molecular formula is C10H9ClO5. The Balaban J connectivity index is 3.77. The molecule has 1 aromatic carbocycles. The topological polar surface area (TPSA) is 83.8 Å². The fourth-order valence-electron chi connectivity index (χ4n) is 1.31. The number of Topliss-reactive ketones (excluding diaryl/α,β-unsaturated/α-hetero) is 1. The normalized spacial score (nSPS) is 9.94. The molecule has 0 aromatic heterocycles. The summed E-state index contributed by atoms with van der Waals surface area (Å²) < 4.78 is 4.79. The molecule has 0 saturated heterocycles. The van der Waals surface area contributed by atoms with Gasteiger partial charge >= 0.3 is 0 Å². The Kier molecular flexibility index (Phi) is 3.39. The first kappa shape index (κ1) is 12.3. The van der Waals surface area contributed by atoms with Crippen molar-refractivity contribution < 1.29 is 24.5 Å². The lowest BCUT2D eigenvalue weighted by molar-refractivity contribution is 0.101. The Hall–Kier alpha value is -1.75. The summed E-state index contributed by atoms with van der Waals surface area (Å²) in [6.07, 6.45) is 0.225. The number of aldehydes is 1. The zero-order chi connectivity index (χ0) is 12.5. The van der Waals surface area contributed by atoms with E-state index in [0.29, 0.717) is 0 Å². The van der Waals surface area contributed by atoms with E-state index in [4.69, 9.17) is 16.3 Å². The molecule has 0 fully saturated rings. The van der Waals surface area contributed by atoms with Crippen LogP contribution in [0.4, 0.5) is 0 Å². The van der Waals surface area contributed by atoms with Crippen molar-refractivity contribution in [3.63, 3.8) is 0 Å². The summed E-state index contributed by atoms with van der Waals surface area (Å²) in [7, 11) is 1.21. The minimum absolute atomic E-state index is 0.162. The van der Waals surface area contributed by atoms with Crippen molar-refractivity contribution in [2.75, 3.05) is 7.11 Å². The number of hydrogen-bond acceptors (Lipinski definition) is 5. The maximum atomic E-state index is 11.3. The SMILES string of the molecule is COc1c(O)c(C=O)c(O)c(Cl)c1C(C)=O. The molecule has 1 rings (SSSR count). The monoisotopic (exact) mass is 244 g/mol. The second kappa shape index (κ2) is 4.40. The van der Waals surface area contributed by atoms with Gasteiger partial charge in [-0.1, -0.05) is 11.6 Å². The van der Waals surface area contributed by atoms with Gasteiger partial charge in [0.15, 0.2) is 23.6 Å². The van der Waals surface area contributed by atoms with Crippen molar-refractivity contribution >= 4 is 23.7 Å². The second-order valence-electron chi connectivity index (χ2n) is 3.01. The van der Waals surface area contributed by atoms with Crippen LogP contribution in [0, 0.1) is 0 Å². The molecule has 0 heterocycles. The number of halogens is 1. The van der Waals surface area contributed by atoms with Gasteiger partial charge in [-0.05, 0) is 6.92 Å². The highest BCUT2D eigenvalue weighted by Gasteiger charge is 2.25. The number of ether oxygens (including phenoxy) is 1. The van der Waals surface area contributed by atoms with E-state index in [-0.39, 0.29) is 22.6 Å². The quantitative estimate of drug-likeness (QED) is 0.625. The van der Waals surface area contributed by atoms with Crippen LogP contribution in [0.3, 0.4) is 0 Å². The molecule has 0 saturated carbocycles. The van der Waals surface area contributed by atoms with E-state index in [0.717, 1.165) is 0 Å². The van der Waals surface area contributed by atoms with E-state index in [2.05, 4.69) is 0 Å². The van der Waals surface area contributed by atoms with Gasteiger partial charge in [-0.15, -0.1) is 0 Å². The summed E-state index contributed by atoms with van der Waals surface area (Å²) in [6.45, 7) is 1.20. The number of methoxy groups -OCH3 is 1. The van der Waals surface area contributed by atoms with Crippen LogP contribution in [0.2, 0.25) is 5.02 Å². The van der Waals surface area contributed by atoms with Gasteiger partial charge in [-0.3, -0.25) is 9.59 Å². The minimum atomic E-state index is -0.639. The third-order valence-corrected chi connectivity index (χ3v) is 2.42. The minimum Gasteiger partial charge on any atom is -0.505 e. The number of rotatable bonds is 3. The second-order valence-corrected chi connectivity index (χ2v) is 3.39. The summed E-state index contributed by atoms with van der Waals surface area (Å²) in [5.74, 6) is -1.97. The molecule has 1 aromatic rings. The molecule has 2 N–H and O–H groups in total. The van der Waals surface area contributed by atoms with E-state index in [9.17, 15) is 19.8 Å². The average molecular weight is 245 g/mol. The molecule has 86 valence electrons. The molecule has 0 unspecified atom stereocenters. The lowest BCUT2D eigenvalue weighted by atomic mass is 10.0. The van der Waals surface area contributed by atoms with Gasteiger partial charge in [-0.25, -0.2) is 0 Å². The molecule has 0 spiro atoms. The first-order valence-corrected chi connectivity index (χ1v) is 4.61. The highest BCUT2D eigenvalue weighted by Crippen LogP contribution is 2.44. The van der Waals surface area contributed by atoms with Gasteiger partial charge in [0.2, 0.25) is 0 Å². The summed E-state index contributed by atoms with van der Waals surface area (Å²) in [5.41, 5.74) is -0.573. The molecule has 0 bridgehead atoms. The lowest BCUT2D eigenvalue weighted by Crippen LogP contribution is -2.02. The highest BCUT2D eigenvalue weighted by molar-refractivity contribution is 6.36. The zero-order valence-electron chi connectivity index (χ0n) is 8.57. The Morgan fingerprint density at radius 3 is 2.31 bits per heavy atom. The van der Waals surface area contributed by atoms with Gasteiger partial charge < -0.3 is 14.9 Å². The van der Waals surface area contributed by atoms with Gasteiger partial charge in [0.05, 0.1) is 17.7 Å². The summed E-state index contributed by atoms with van der Waals surface area (Å²) in [5, 5.41) is 18.8. The van der Waals surface area contributed by atoms with Gasteiger partial charge in [0, 0.05) is 0 Å². The van der Waals surface area contributed by atoms with Crippen LogP contribution in [0.15, 0.2) is 0 Å². The number of ketones is 1. The largest absolute Gasteiger partial charge is 0.505 e. The maximum absolute atomic E-state index is 11.3. The van der Waals surface area contributed by atoms with Crippen LogP contribution in [-0.2, 0) is 0 Å². The number of benzene rings is 1. The Morgan fingerprint density at radius 1 is 1.38 bits per heavy atom. The van der Waals surface area contributed by atoms with Gasteiger partial charge in [0.1, 0.15) is 11.3 Å². The van der Waals surface area contributed by atoms with Crippen LogP contribution in [-0.4, -0.2) is 29.4 Å². The Labute approximate surface area is 96.2 Å². The number of phenolic OH excluding ortho intramolecular Hbond substituents is 2. The smallest absolute Gasteiger partial charge is 0.173 e. The molecule has 6 heteroatoms. The molecule has 0 aliphatic heterocycles. The van der Waals surface area contributed by atoms with Crippen molar-refractivity contribution in [1.29, 1.82) is 0 Å². The van der Waals surface area contributed by atoms with E-state index in [1.54, 1.807) is 0 Å². The molecule has 0 aliphatic carbocycles. The highest BCUT2D eigenvalue weighted by atomic mass is 35.5. The molecule has 16 heavy (non-hydrogen) atoms. The third-order valence-electron chi connectivity index (χ3n) is 2.05. The first-order valence-electron chi connectivity index (χ1n) is 4.23. The average Bonchev–Trinajstić information content (AvgIpc) is 2.23. The summed E-state index contributed by atoms with van der Waals surface area (Å²) in [4.78, 5) is 21.9. The van der Waals surface area contributed by atoms with Crippen molar-refractivity contribution in [1.82, 2.24) is 0 Å². The molecule has 0 atom stereocenters. The van der Waals surface area contributed by atoms with E-state index >= 15 is 0 Å². The van der Waals surface area contributed by atoms with E-state index in [1.807, 2.05) is 0 Å². The number of hydrogen-bond donors (Lipinski definition) is 2. The molecule has 0 aliphatic rings. The van der Waals surface area contributed by atoms with Crippen LogP contribution in [0.25, 0.3) is 0 Å². The maximum Gasteiger partial charge on any atom is 0.173 e. The van der Waals surface area contributed by atoms with Crippen molar-refractivity contribution in [2.24, 2.45) is 0 Å². The van der Waals surface area contributed by atoms with Gasteiger partial charge in [0.25, 0.3) is 0 Å². The summed E-state index contributed by atoms with van der Waals surface area (Å²) >= 11 is 5.71. The molecule has 0 radical (unpaired) electrons. The zero-order valence-corrected chi connectivity index (χ0v) is 9.33. The van der Waals surface area contributed by atoms with Gasteiger partial charge in [-0.2, -0.15) is 0 Å². The third kappa shape index (κ3) is 1.69. The van der Waals surface area contributed by atoms with Crippen LogP contribution in [0.1, 0.15) is 27.6 Å². The molecule has 0 amide bonds. The lowest BCUT2D eigenvalue weighted by Gasteiger charge is -2.13. The van der Waals surface area contributed by atoms with Crippen molar-refractivity contribution in [3.8, 4) is 17.2 Å². The Morgan fingerprint density at radius 2 is 1.94 bits per heavy atom. The molecular weight excluding hydrogens is 236 g/mol. The van der Waals surface area contributed by atoms with Crippen molar-refractivity contribution in [2.45, 2.75) is 6.92 Å². The standard InChI is InChI=1S/C10H9ClO5/c1-4(13)6-7(11)8(14)5(3-12)9(15)10(6)16-2/h3,14-15H,1-2H3. The molecule has 5 nitrogen and oxygen atoms in total. The fraction of sp³-hybridized carbons (Fsp3) is 0.200. The van der Waals surface area contributed by atoms with Crippen molar-refractivity contribution in [3.05, 3.63) is 16.1 Å². The number of phenols is 2. The van der Waals surface area contributed by atoms with Crippen LogP contribution >= 0.6 is 11.6 Å². The van der Waals surface area contributed by atoms with Crippen LogP contribution < -0.4 is 4.74 Å². The fourth-order valence-corrected chi connectivity index (χ4v) is 1.63. The predicted octanol–water partition coefficient (Wildman–Crippen LogP) is 1.77. The predicted molar refractivity (Wildman–Crippen MR) is 56.7 cm³/mol. The number of carbonyl (C=O) groups is 2. The number of carbonyl (C=O) groups excluding carboxylic acids is 2. The number of aromatic hydroxyl groups is 2. The van der Waals surface area contributed by atoms with Crippen LogP contribution in [0.5, 0.6) is 17.2 Å². The first-order chi connectivity index (χ1) is 7.45. The van der Waals surface area contributed by atoms with E-state index < -0.39 is 22.8 Å². The van der Waals surface area contributed by atoms with E-state index in [1.165, 1.54) is 14.0 Å². The Bertz CT molecular complexity index is 467.